The standard InChI is InChI=1S/C31H47N3O3/c1-2-3-4-11-18-31(37,24-15-9-6-10-16-24)25-17-12-19-34(22-25)28-27(29(35)30(28)36)33-26(21-32)20-23-13-7-5-8-14-23/h6,9-10,15-16,23,25-26,33,37H,2-5,7-8,11-14,17-22,32H2,1H3/t25?,26?,31-/m1/s1. The Morgan fingerprint density at radius 2 is 1.78 bits per heavy atom. The number of nitrogens with two attached hydrogens (primary N) is 1. The Balaban J connectivity index is 1.50. The van der Waals surface area contributed by atoms with Crippen LogP contribution in [0.4, 0.5) is 11.4 Å². The van der Waals surface area contributed by atoms with E-state index in [1.54, 1.807) is 0 Å². The van der Waals surface area contributed by atoms with Crippen molar-refractivity contribution >= 4 is 11.4 Å². The summed E-state index contributed by atoms with van der Waals surface area (Å²) in [7, 11) is 0. The quantitative estimate of drug-likeness (QED) is 0.258. The lowest BCUT2D eigenvalue weighted by molar-refractivity contribution is -0.0392. The number of anilines is 2. The first-order valence-electron chi connectivity index (χ1n) is 14.8. The van der Waals surface area contributed by atoms with E-state index in [1.165, 1.54) is 38.5 Å². The first-order chi connectivity index (χ1) is 18.0. The molecule has 0 aromatic heterocycles. The molecule has 4 rings (SSSR count). The maximum absolute atomic E-state index is 12.8. The predicted octanol–water partition coefficient (Wildman–Crippen LogP) is 5.07. The van der Waals surface area contributed by atoms with Gasteiger partial charge in [0, 0.05) is 31.6 Å². The van der Waals surface area contributed by atoms with E-state index >= 15 is 0 Å². The molecule has 204 valence electrons. The van der Waals surface area contributed by atoms with Gasteiger partial charge in [0.15, 0.2) is 0 Å². The zero-order chi connectivity index (χ0) is 26.3. The van der Waals surface area contributed by atoms with Crippen molar-refractivity contribution in [2.24, 2.45) is 17.6 Å². The Morgan fingerprint density at radius 3 is 2.49 bits per heavy atom. The minimum atomic E-state index is -0.945. The number of rotatable bonds is 13. The first kappa shape index (κ1) is 27.8. The van der Waals surface area contributed by atoms with Crippen LogP contribution in [-0.2, 0) is 5.60 Å². The number of unbranched alkanes of at least 4 members (excludes halogenated alkanes) is 3. The third kappa shape index (κ3) is 6.46. The van der Waals surface area contributed by atoms with E-state index in [4.69, 9.17) is 5.73 Å². The molecule has 2 aromatic rings. The molecule has 0 bridgehead atoms. The predicted molar refractivity (Wildman–Crippen MR) is 153 cm³/mol. The van der Waals surface area contributed by atoms with Crippen molar-refractivity contribution in [1.82, 2.24) is 0 Å². The first-order valence-corrected chi connectivity index (χ1v) is 14.8. The SMILES string of the molecule is CCCCCC[C@@](O)(c1ccccc1)C1CCCN(c2c(NC(CN)CC3CCCCC3)c(=O)c2=O)C1. The Hall–Kier alpha value is -2.18. The van der Waals surface area contributed by atoms with E-state index in [9.17, 15) is 14.7 Å². The highest BCUT2D eigenvalue weighted by molar-refractivity contribution is 5.75. The molecule has 6 heteroatoms. The van der Waals surface area contributed by atoms with Crippen molar-refractivity contribution in [3.05, 3.63) is 56.3 Å². The van der Waals surface area contributed by atoms with Gasteiger partial charge in [-0.3, -0.25) is 9.59 Å². The average molecular weight is 510 g/mol. The van der Waals surface area contributed by atoms with Crippen LogP contribution >= 0.6 is 0 Å². The van der Waals surface area contributed by atoms with Crippen molar-refractivity contribution in [2.75, 3.05) is 29.9 Å². The number of nitrogens with zero attached hydrogens (tertiary/aromatic N) is 1. The van der Waals surface area contributed by atoms with Crippen LogP contribution in [0.15, 0.2) is 39.9 Å². The molecule has 0 amide bonds. The molecule has 1 heterocycles. The molecule has 1 saturated heterocycles. The molecule has 2 fully saturated rings. The van der Waals surface area contributed by atoms with Crippen molar-refractivity contribution < 1.29 is 5.11 Å². The van der Waals surface area contributed by atoms with Gasteiger partial charge in [0.25, 0.3) is 10.9 Å². The molecule has 37 heavy (non-hydrogen) atoms. The smallest absolute Gasteiger partial charge is 0.253 e. The van der Waals surface area contributed by atoms with Crippen LogP contribution in [0, 0.1) is 11.8 Å². The summed E-state index contributed by atoms with van der Waals surface area (Å²) < 4.78 is 0. The van der Waals surface area contributed by atoms with E-state index in [2.05, 4.69) is 17.1 Å². The van der Waals surface area contributed by atoms with Crippen LogP contribution in [0.1, 0.15) is 96.0 Å². The maximum Gasteiger partial charge on any atom is 0.253 e. The molecule has 6 nitrogen and oxygen atoms in total. The second-order valence-corrected chi connectivity index (χ2v) is 11.6. The van der Waals surface area contributed by atoms with E-state index in [1.807, 2.05) is 30.3 Å². The van der Waals surface area contributed by atoms with Gasteiger partial charge in [-0.15, -0.1) is 0 Å². The molecule has 2 unspecified atom stereocenters. The molecule has 1 aliphatic heterocycles. The fourth-order valence-corrected chi connectivity index (χ4v) is 6.76. The van der Waals surface area contributed by atoms with Gasteiger partial charge >= 0.3 is 0 Å². The van der Waals surface area contributed by atoms with E-state index in [0.29, 0.717) is 36.8 Å². The van der Waals surface area contributed by atoms with E-state index in [-0.39, 0.29) is 12.0 Å². The van der Waals surface area contributed by atoms with Crippen molar-refractivity contribution in [1.29, 1.82) is 0 Å². The molecule has 2 aromatic carbocycles. The van der Waals surface area contributed by atoms with Gasteiger partial charge in [0.1, 0.15) is 11.4 Å². The summed E-state index contributed by atoms with van der Waals surface area (Å²) in [5.74, 6) is 0.632. The van der Waals surface area contributed by atoms with Gasteiger partial charge in [0.2, 0.25) is 0 Å². The lowest BCUT2D eigenvalue weighted by Gasteiger charge is -2.44. The van der Waals surface area contributed by atoms with Gasteiger partial charge in [-0.2, -0.15) is 0 Å². The number of hydrogen-bond acceptors (Lipinski definition) is 6. The monoisotopic (exact) mass is 509 g/mol. The zero-order valence-corrected chi connectivity index (χ0v) is 22.7. The minimum absolute atomic E-state index is 0.00456. The van der Waals surface area contributed by atoms with Gasteiger partial charge in [0.05, 0.1) is 5.60 Å². The number of aliphatic hydroxyl groups is 1. The molecule has 1 aliphatic carbocycles. The van der Waals surface area contributed by atoms with Crippen LogP contribution < -0.4 is 26.8 Å². The third-order valence-corrected chi connectivity index (χ3v) is 8.96. The van der Waals surface area contributed by atoms with E-state index < -0.39 is 16.5 Å². The highest BCUT2D eigenvalue weighted by Crippen LogP contribution is 2.41. The van der Waals surface area contributed by atoms with Crippen molar-refractivity contribution in [3.63, 3.8) is 0 Å². The van der Waals surface area contributed by atoms with Crippen LogP contribution in [0.3, 0.4) is 0 Å². The lowest BCUT2D eigenvalue weighted by atomic mass is 9.74. The summed E-state index contributed by atoms with van der Waals surface area (Å²) in [6.45, 7) is 3.95. The average Bonchev–Trinajstić information content (AvgIpc) is 2.95. The van der Waals surface area contributed by atoms with Crippen LogP contribution in [0.2, 0.25) is 0 Å². The minimum Gasteiger partial charge on any atom is -0.385 e. The third-order valence-electron chi connectivity index (χ3n) is 8.96. The van der Waals surface area contributed by atoms with Gasteiger partial charge in [-0.1, -0.05) is 95.0 Å². The molecule has 0 spiro atoms. The van der Waals surface area contributed by atoms with Gasteiger partial charge in [-0.05, 0) is 37.2 Å². The number of hydrogen-bond donors (Lipinski definition) is 3. The number of benzene rings is 1. The van der Waals surface area contributed by atoms with Crippen LogP contribution in [0.5, 0.6) is 0 Å². The fourth-order valence-electron chi connectivity index (χ4n) is 6.76. The number of nitrogens with one attached hydrogen (secondary N) is 1. The van der Waals surface area contributed by atoms with Crippen LogP contribution in [0.25, 0.3) is 0 Å². The van der Waals surface area contributed by atoms with Crippen molar-refractivity contribution in [2.45, 2.75) is 102 Å². The number of piperidine rings is 1. The van der Waals surface area contributed by atoms with E-state index in [0.717, 1.165) is 50.6 Å². The summed E-state index contributed by atoms with van der Waals surface area (Å²) in [5, 5.41) is 15.5. The summed E-state index contributed by atoms with van der Waals surface area (Å²) in [4.78, 5) is 27.6. The summed E-state index contributed by atoms with van der Waals surface area (Å²) >= 11 is 0. The second kappa shape index (κ2) is 13.1. The zero-order valence-electron chi connectivity index (χ0n) is 22.7. The summed E-state index contributed by atoms with van der Waals surface area (Å²) in [6.07, 6.45) is 14.2. The Bertz CT molecular complexity index is 1040. The van der Waals surface area contributed by atoms with Crippen molar-refractivity contribution in [3.8, 4) is 0 Å². The Labute approximate surface area is 222 Å². The second-order valence-electron chi connectivity index (χ2n) is 11.6. The lowest BCUT2D eigenvalue weighted by Crippen LogP contribution is -2.51. The maximum atomic E-state index is 12.8. The summed E-state index contributed by atoms with van der Waals surface area (Å²) in [6, 6.07) is 10.0. The Morgan fingerprint density at radius 1 is 1.03 bits per heavy atom. The highest BCUT2D eigenvalue weighted by Gasteiger charge is 2.42. The molecular weight excluding hydrogens is 462 g/mol. The molecule has 0 radical (unpaired) electrons. The molecule has 1 saturated carbocycles. The largest absolute Gasteiger partial charge is 0.385 e. The topological polar surface area (TPSA) is 95.7 Å². The fraction of sp³-hybridized carbons (Fsp3) is 0.677. The molecule has 4 N–H and O–H groups in total. The highest BCUT2D eigenvalue weighted by atomic mass is 16.3. The molecular formula is C31H47N3O3. The van der Waals surface area contributed by atoms with Crippen LogP contribution in [-0.4, -0.2) is 30.8 Å². The molecule has 3 atom stereocenters. The van der Waals surface area contributed by atoms with Gasteiger partial charge in [-0.25, -0.2) is 0 Å². The Kier molecular flexibility index (Phi) is 9.83. The normalized spacial score (nSPS) is 21.6. The molecule has 2 aliphatic rings. The van der Waals surface area contributed by atoms with Gasteiger partial charge < -0.3 is 21.1 Å². The summed E-state index contributed by atoms with van der Waals surface area (Å²) in [5.41, 5.74) is 6.26.